The molecule has 0 heterocycles. The Morgan fingerprint density at radius 1 is 0.607 bits per heavy atom. The molecule has 2 heteroatoms. The minimum atomic E-state index is -2.37. The summed E-state index contributed by atoms with van der Waals surface area (Å²) in [6.45, 7) is 23.7. The Morgan fingerprint density at radius 3 is 1.55 bits per heavy atom. The van der Waals surface area contributed by atoms with Gasteiger partial charge in [-0.15, -0.1) is 0 Å². The van der Waals surface area contributed by atoms with Gasteiger partial charge >= 0.3 is 0 Å². The van der Waals surface area contributed by atoms with Gasteiger partial charge in [-0.25, -0.2) is 0 Å². The highest BCUT2D eigenvalue weighted by Crippen LogP contribution is 2.51. The average Bonchev–Trinajstić information content (AvgIpc) is 3.56. The maximum atomic E-state index is 6.83. The lowest BCUT2D eigenvalue weighted by molar-refractivity contribution is 0.361. The molecule has 1 aliphatic rings. The second kappa shape index (κ2) is 18.9. The summed E-state index contributed by atoms with van der Waals surface area (Å²) in [5.74, 6) is 2.27. The lowest BCUT2D eigenvalue weighted by Crippen LogP contribution is -2.49. The average molecular weight is 761 g/mol. The van der Waals surface area contributed by atoms with E-state index in [-0.39, 0.29) is 5.54 Å². The summed E-state index contributed by atoms with van der Waals surface area (Å²) < 4.78 is 6.83. The van der Waals surface area contributed by atoms with Crippen molar-refractivity contribution in [2.24, 2.45) is 0 Å². The summed E-state index contributed by atoms with van der Waals surface area (Å²) in [5, 5.41) is 1.47. The Morgan fingerprint density at radius 2 is 1.09 bits per heavy atom. The van der Waals surface area contributed by atoms with E-state index in [9.17, 15) is 0 Å². The molecule has 0 radical (unpaired) electrons. The van der Waals surface area contributed by atoms with Crippen molar-refractivity contribution in [2.45, 2.75) is 136 Å². The highest BCUT2D eigenvalue weighted by molar-refractivity contribution is 6.92. The largest absolute Gasteiger partial charge is 0.489 e. The Balaban J connectivity index is 1.54. The summed E-state index contributed by atoms with van der Waals surface area (Å²) in [5.41, 5.74) is 16.9. The van der Waals surface area contributed by atoms with Crippen LogP contribution in [0.25, 0.3) is 33.4 Å². The van der Waals surface area contributed by atoms with Gasteiger partial charge < -0.3 is 4.74 Å². The predicted molar refractivity (Wildman–Crippen MR) is 248 cm³/mol. The second-order valence-corrected chi connectivity index (χ2v) is 21.8. The van der Waals surface area contributed by atoms with Crippen LogP contribution in [-0.2, 0) is 12.8 Å². The molecular formula is C54H68OSi. The van der Waals surface area contributed by atoms with Gasteiger partial charge in [-0.2, -0.15) is 0 Å². The van der Waals surface area contributed by atoms with E-state index in [0.717, 1.165) is 31.4 Å². The molecule has 0 fully saturated rings. The molecule has 56 heavy (non-hydrogen) atoms. The van der Waals surface area contributed by atoms with E-state index in [1.165, 1.54) is 110 Å². The molecule has 0 N–H and O–H groups in total. The molecule has 0 spiro atoms. The zero-order valence-corrected chi connectivity index (χ0v) is 36.9. The van der Waals surface area contributed by atoms with E-state index in [0.29, 0.717) is 18.4 Å². The van der Waals surface area contributed by atoms with Crippen LogP contribution in [0.4, 0.5) is 0 Å². The number of hydrogen-bond acceptors (Lipinski definition) is 1. The lowest BCUT2D eigenvalue weighted by Gasteiger charge is -2.35. The van der Waals surface area contributed by atoms with Crippen molar-refractivity contribution in [3.05, 3.63) is 143 Å². The van der Waals surface area contributed by atoms with Gasteiger partial charge in [-0.05, 0) is 122 Å². The standard InChI is InChI=1S/C54H68OSi/c1-10-15-17-19-40-34-47(20-18-16-11-2)53(55-33-12-3)52(35-40)56(8,9)54-50-36-45(43-25-21-41(22-26-43)38(6)13-4)29-31-48(50)49-32-30-46(37-51(49)54)44-27-23-42(24-28-44)39(7)14-5/h12,21-32,34-39,54H,3,10-11,13-20,33H2,1-2,4-9H3. The van der Waals surface area contributed by atoms with Crippen molar-refractivity contribution in [1.82, 2.24) is 0 Å². The first-order valence-corrected chi connectivity index (χ1v) is 25.1. The van der Waals surface area contributed by atoms with Gasteiger partial charge in [0.05, 0.1) is 8.07 Å². The van der Waals surface area contributed by atoms with E-state index in [2.05, 4.69) is 158 Å². The molecule has 1 nitrogen and oxygen atoms in total. The van der Waals surface area contributed by atoms with E-state index in [1.807, 2.05) is 6.08 Å². The van der Waals surface area contributed by atoms with Crippen molar-refractivity contribution in [3.8, 4) is 39.1 Å². The molecule has 0 bridgehead atoms. The second-order valence-electron chi connectivity index (χ2n) is 17.3. The normalized spacial score (nSPS) is 14.6. The molecule has 0 saturated carbocycles. The van der Waals surface area contributed by atoms with Crippen molar-refractivity contribution in [1.29, 1.82) is 0 Å². The lowest BCUT2D eigenvalue weighted by atomic mass is 9.94. The van der Waals surface area contributed by atoms with Crippen LogP contribution in [0.2, 0.25) is 13.1 Å². The van der Waals surface area contributed by atoms with Crippen molar-refractivity contribution < 1.29 is 4.74 Å². The predicted octanol–water partition coefficient (Wildman–Crippen LogP) is 15.3. The van der Waals surface area contributed by atoms with Crippen molar-refractivity contribution in [3.63, 3.8) is 0 Å². The number of benzene rings is 5. The molecule has 0 amide bonds. The molecular weight excluding hydrogens is 693 g/mol. The SMILES string of the molecule is C=CCOc1c(CCCCC)cc(CCCCC)cc1[Si](C)(C)C1c2cc(-c3ccc(C(C)CC)cc3)ccc2-c2ccc(-c3ccc(C(C)CC)cc3)cc21. The smallest absolute Gasteiger partial charge is 0.122 e. The monoisotopic (exact) mass is 761 g/mol. The Kier molecular flexibility index (Phi) is 14.0. The topological polar surface area (TPSA) is 9.23 Å². The minimum absolute atomic E-state index is 0.270. The van der Waals surface area contributed by atoms with Crippen molar-refractivity contribution >= 4 is 13.3 Å². The summed E-state index contributed by atoms with van der Waals surface area (Å²) in [6, 6.07) is 38.5. The molecule has 6 rings (SSSR count). The van der Waals surface area contributed by atoms with Gasteiger partial charge in [0.15, 0.2) is 0 Å². The molecule has 2 unspecified atom stereocenters. The van der Waals surface area contributed by atoms with Crippen LogP contribution in [-0.4, -0.2) is 14.7 Å². The van der Waals surface area contributed by atoms with E-state index < -0.39 is 8.07 Å². The van der Waals surface area contributed by atoms with E-state index in [4.69, 9.17) is 4.74 Å². The maximum absolute atomic E-state index is 6.83. The number of aryl methyl sites for hydroxylation is 2. The molecule has 0 aromatic heterocycles. The fourth-order valence-corrected chi connectivity index (χ4v) is 12.8. The molecule has 5 aromatic rings. The quantitative estimate of drug-likeness (QED) is 0.0463. The molecule has 1 aliphatic carbocycles. The van der Waals surface area contributed by atoms with Crippen LogP contribution in [0.1, 0.15) is 144 Å². The molecule has 0 aliphatic heterocycles. The first kappa shape index (κ1) is 41.5. The number of fused-ring (bicyclic) bond motifs is 3. The van der Waals surface area contributed by atoms with Gasteiger partial charge in [0.2, 0.25) is 0 Å². The first-order chi connectivity index (χ1) is 27.1. The Labute approximate surface area is 341 Å². The third kappa shape index (κ3) is 8.87. The third-order valence-electron chi connectivity index (χ3n) is 13.0. The Bertz CT molecular complexity index is 1960. The highest BCUT2D eigenvalue weighted by atomic mass is 28.3. The molecule has 294 valence electrons. The highest BCUT2D eigenvalue weighted by Gasteiger charge is 2.44. The third-order valence-corrected chi connectivity index (χ3v) is 16.8. The van der Waals surface area contributed by atoms with Crippen LogP contribution in [0.3, 0.4) is 0 Å². The fraction of sp³-hybridized carbons (Fsp3) is 0.407. The Hall–Kier alpha value is -4.14. The molecule has 5 aromatic carbocycles. The summed E-state index contributed by atoms with van der Waals surface area (Å²) >= 11 is 0. The van der Waals surface area contributed by atoms with Gasteiger partial charge in [0, 0.05) is 5.54 Å². The summed E-state index contributed by atoms with van der Waals surface area (Å²) in [4.78, 5) is 0. The molecule has 2 atom stereocenters. The van der Waals surface area contributed by atoms with Crippen LogP contribution in [0.15, 0.2) is 110 Å². The van der Waals surface area contributed by atoms with Crippen molar-refractivity contribution in [2.75, 3.05) is 6.61 Å². The first-order valence-electron chi connectivity index (χ1n) is 22.0. The summed E-state index contributed by atoms with van der Waals surface area (Å²) in [6.07, 6.45) is 13.8. The van der Waals surface area contributed by atoms with Gasteiger partial charge in [-0.3, -0.25) is 0 Å². The van der Waals surface area contributed by atoms with Gasteiger partial charge in [-0.1, -0.05) is 190 Å². The number of hydrogen-bond donors (Lipinski definition) is 0. The van der Waals surface area contributed by atoms with Gasteiger partial charge in [0.1, 0.15) is 12.4 Å². The zero-order valence-electron chi connectivity index (χ0n) is 35.9. The number of rotatable bonds is 19. The maximum Gasteiger partial charge on any atom is 0.122 e. The zero-order chi connectivity index (χ0) is 39.8. The minimum Gasteiger partial charge on any atom is -0.489 e. The number of ether oxygens (including phenoxy) is 1. The van der Waals surface area contributed by atoms with Gasteiger partial charge in [0.25, 0.3) is 0 Å². The van der Waals surface area contributed by atoms with Crippen LogP contribution >= 0.6 is 0 Å². The van der Waals surface area contributed by atoms with Crippen LogP contribution < -0.4 is 9.92 Å². The van der Waals surface area contributed by atoms with Crippen LogP contribution in [0, 0.1) is 0 Å². The number of unbranched alkanes of at least 4 members (excludes halogenated alkanes) is 4. The van der Waals surface area contributed by atoms with Crippen LogP contribution in [0.5, 0.6) is 5.75 Å². The summed E-state index contributed by atoms with van der Waals surface area (Å²) in [7, 11) is -2.37. The molecule has 0 saturated heterocycles. The van der Waals surface area contributed by atoms with E-state index in [1.54, 1.807) is 0 Å². The van der Waals surface area contributed by atoms with E-state index >= 15 is 0 Å². The fourth-order valence-electron chi connectivity index (χ4n) is 9.05.